The van der Waals surface area contributed by atoms with Crippen LogP contribution in [0.25, 0.3) is 0 Å². The second kappa shape index (κ2) is 6.43. The topological polar surface area (TPSA) is 74.7 Å². The fourth-order valence-corrected chi connectivity index (χ4v) is 4.61. The Kier molecular flexibility index (Phi) is 5.07. The molecule has 2 aliphatic rings. The Balaban J connectivity index is 2.01. The lowest BCUT2D eigenvalue weighted by molar-refractivity contribution is -0.143. The van der Waals surface area contributed by atoms with Gasteiger partial charge in [0.25, 0.3) is 0 Å². The first-order chi connectivity index (χ1) is 9.36. The highest BCUT2D eigenvalue weighted by Crippen LogP contribution is 2.34. The zero-order chi connectivity index (χ0) is 14.8. The predicted octanol–water partition coefficient (Wildman–Crippen LogP) is 1.94. The van der Waals surface area contributed by atoms with Crippen molar-refractivity contribution in [2.45, 2.75) is 44.9 Å². The van der Waals surface area contributed by atoms with E-state index in [9.17, 15) is 18.3 Å². The maximum atomic E-state index is 11.7. The molecule has 1 saturated carbocycles. The van der Waals surface area contributed by atoms with Crippen LogP contribution >= 0.6 is 0 Å². The first-order valence-electron chi connectivity index (χ1n) is 7.54. The van der Waals surface area contributed by atoms with Crippen LogP contribution in [0.15, 0.2) is 0 Å². The third-order valence-electron chi connectivity index (χ3n) is 4.71. The van der Waals surface area contributed by atoms with Gasteiger partial charge in [-0.15, -0.1) is 0 Å². The summed E-state index contributed by atoms with van der Waals surface area (Å²) in [5, 5.41) is 9.22. The molecule has 0 spiro atoms. The zero-order valence-electron chi connectivity index (χ0n) is 12.1. The number of rotatable bonds is 4. The van der Waals surface area contributed by atoms with Crippen molar-refractivity contribution in [2.24, 2.45) is 17.8 Å². The minimum atomic E-state index is -3.30. The molecule has 0 amide bonds. The third-order valence-corrected chi connectivity index (χ3v) is 5.95. The number of piperidine rings is 1. The van der Waals surface area contributed by atoms with Gasteiger partial charge in [-0.1, -0.05) is 32.1 Å². The Hall–Kier alpha value is -0.620. The lowest BCUT2D eigenvalue weighted by atomic mass is 9.79. The van der Waals surface area contributed by atoms with E-state index in [1.165, 1.54) is 42.7 Å². The predicted molar refractivity (Wildman–Crippen MR) is 76.8 cm³/mol. The van der Waals surface area contributed by atoms with Gasteiger partial charge in [-0.05, 0) is 24.7 Å². The summed E-state index contributed by atoms with van der Waals surface area (Å²) in [6, 6.07) is 0. The average molecular weight is 303 g/mol. The molecule has 0 bridgehead atoms. The highest BCUT2D eigenvalue weighted by Gasteiger charge is 2.36. The van der Waals surface area contributed by atoms with Crippen LogP contribution in [0.3, 0.4) is 0 Å². The zero-order valence-corrected chi connectivity index (χ0v) is 12.9. The van der Waals surface area contributed by atoms with Crippen molar-refractivity contribution in [3.05, 3.63) is 0 Å². The molecule has 116 valence electrons. The lowest BCUT2D eigenvalue weighted by Crippen LogP contribution is -2.46. The quantitative estimate of drug-likeness (QED) is 0.861. The van der Waals surface area contributed by atoms with E-state index < -0.39 is 21.9 Å². The van der Waals surface area contributed by atoms with Gasteiger partial charge in [0.2, 0.25) is 10.0 Å². The number of carboxylic acid groups (broad SMARTS) is 1. The van der Waals surface area contributed by atoms with Gasteiger partial charge in [-0.25, -0.2) is 12.7 Å². The van der Waals surface area contributed by atoms with Crippen LogP contribution in [0.1, 0.15) is 44.9 Å². The number of aliphatic carboxylic acids is 1. The van der Waals surface area contributed by atoms with Crippen LogP contribution in [-0.2, 0) is 14.8 Å². The van der Waals surface area contributed by atoms with E-state index in [1.54, 1.807) is 0 Å². The maximum Gasteiger partial charge on any atom is 0.307 e. The van der Waals surface area contributed by atoms with Crippen LogP contribution in [-0.4, -0.2) is 43.1 Å². The Morgan fingerprint density at radius 2 is 1.80 bits per heavy atom. The SMILES string of the molecule is CS(=O)(=O)N1C[C@@H](CC2CCCCC2)C[C@H](C(=O)O)C1. The molecule has 1 aliphatic carbocycles. The number of sulfonamides is 1. The summed E-state index contributed by atoms with van der Waals surface area (Å²) in [6.07, 6.45) is 9.03. The maximum absolute atomic E-state index is 11.7. The molecule has 0 radical (unpaired) electrons. The third kappa shape index (κ3) is 4.19. The van der Waals surface area contributed by atoms with Crippen LogP contribution in [0.2, 0.25) is 0 Å². The number of carbonyl (C=O) groups is 1. The molecule has 0 unspecified atom stereocenters. The van der Waals surface area contributed by atoms with E-state index >= 15 is 0 Å². The van der Waals surface area contributed by atoms with Gasteiger partial charge in [0.05, 0.1) is 12.2 Å². The van der Waals surface area contributed by atoms with Crippen LogP contribution in [0.4, 0.5) is 0 Å². The molecule has 2 atom stereocenters. The minimum Gasteiger partial charge on any atom is -0.481 e. The second-order valence-electron chi connectivity index (χ2n) is 6.46. The van der Waals surface area contributed by atoms with E-state index in [0.717, 1.165) is 6.42 Å². The molecule has 20 heavy (non-hydrogen) atoms. The molecule has 6 heteroatoms. The Bertz CT molecular complexity index is 442. The Morgan fingerprint density at radius 1 is 1.15 bits per heavy atom. The summed E-state index contributed by atoms with van der Waals surface area (Å²) >= 11 is 0. The van der Waals surface area contributed by atoms with E-state index in [0.29, 0.717) is 18.9 Å². The fraction of sp³-hybridized carbons (Fsp3) is 0.929. The molecule has 1 saturated heterocycles. The highest BCUT2D eigenvalue weighted by molar-refractivity contribution is 7.88. The van der Waals surface area contributed by atoms with Crippen molar-refractivity contribution >= 4 is 16.0 Å². The molecule has 0 aromatic rings. The number of nitrogens with zero attached hydrogens (tertiary/aromatic N) is 1. The molecule has 0 aromatic heterocycles. The number of hydrogen-bond donors (Lipinski definition) is 1. The van der Waals surface area contributed by atoms with Crippen molar-refractivity contribution in [1.29, 1.82) is 0 Å². The molecule has 0 aromatic carbocycles. The van der Waals surface area contributed by atoms with E-state index in [2.05, 4.69) is 0 Å². The van der Waals surface area contributed by atoms with Gasteiger partial charge in [-0.2, -0.15) is 0 Å². The summed E-state index contributed by atoms with van der Waals surface area (Å²) < 4.78 is 24.8. The van der Waals surface area contributed by atoms with Gasteiger partial charge in [0.15, 0.2) is 0 Å². The largest absolute Gasteiger partial charge is 0.481 e. The van der Waals surface area contributed by atoms with Gasteiger partial charge in [0, 0.05) is 13.1 Å². The van der Waals surface area contributed by atoms with Crippen LogP contribution in [0.5, 0.6) is 0 Å². The number of carboxylic acids is 1. The molecule has 1 aliphatic heterocycles. The Morgan fingerprint density at radius 3 is 2.35 bits per heavy atom. The summed E-state index contributed by atoms with van der Waals surface area (Å²) in [5.74, 6) is -0.565. The Labute approximate surface area is 121 Å². The normalized spacial score (nSPS) is 30.2. The van der Waals surface area contributed by atoms with Gasteiger partial charge < -0.3 is 5.11 Å². The van der Waals surface area contributed by atoms with Gasteiger partial charge in [0.1, 0.15) is 0 Å². The van der Waals surface area contributed by atoms with Crippen LogP contribution < -0.4 is 0 Å². The van der Waals surface area contributed by atoms with Crippen molar-refractivity contribution in [1.82, 2.24) is 4.31 Å². The smallest absolute Gasteiger partial charge is 0.307 e. The van der Waals surface area contributed by atoms with Crippen molar-refractivity contribution in [2.75, 3.05) is 19.3 Å². The van der Waals surface area contributed by atoms with E-state index in [4.69, 9.17) is 0 Å². The molecular weight excluding hydrogens is 278 g/mol. The average Bonchev–Trinajstić information content (AvgIpc) is 2.38. The monoisotopic (exact) mass is 303 g/mol. The lowest BCUT2D eigenvalue weighted by Gasteiger charge is -2.36. The summed E-state index contributed by atoms with van der Waals surface area (Å²) in [4.78, 5) is 11.2. The first-order valence-corrected chi connectivity index (χ1v) is 9.39. The summed E-state index contributed by atoms with van der Waals surface area (Å²) in [5.41, 5.74) is 0. The molecule has 1 N–H and O–H groups in total. The first kappa shape index (κ1) is 15.8. The van der Waals surface area contributed by atoms with Gasteiger partial charge >= 0.3 is 5.97 Å². The van der Waals surface area contributed by atoms with E-state index in [-0.39, 0.29) is 12.5 Å². The summed E-state index contributed by atoms with van der Waals surface area (Å²) in [7, 11) is -3.30. The molecule has 2 fully saturated rings. The van der Waals surface area contributed by atoms with Crippen molar-refractivity contribution < 1.29 is 18.3 Å². The molecule has 2 rings (SSSR count). The van der Waals surface area contributed by atoms with E-state index in [1.807, 2.05) is 0 Å². The molecule has 5 nitrogen and oxygen atoms in total. The van der Waals surface area contributed by atoms with Crippen molar-refractivity contribution in [3.8, 4) is 0 Å². The fourth-order valence-electron chi connectivity index (χ4n) is 3.67. The molecular formula is C14H25NO4S. The summed E-state index contributed by atoms with van der Waals surface area (Å²) in [6.45, 7) is 0.633. The van der Waals surface area contributed by atoms with Gasteiger partial charge in [-0.3, -0.25) is 4.79 Å². The van der Waals surface area contributed by atoms with Crippen molar-refractivity contribution in [3.63, 3.8) is 0 Å². The highest BCUT2D eigenvalue weighted by atomic mass is 32.2. The van der Waals surface area contributed by atoms with Crippen LogP contribution in [0, 0.1) is 17.8 Å². The minimum absolute atomic E-state index is 0.134. The standard InChI is InChI=1S/C14H25NO4S/c1-20(18,19)15-9-12(8-13(10-15)14(16)17)7-11-5-3-2-4-6-11/h11-13H,2-10H2,1H3,(H,16,17)/t12-,13-/m0/s1. The number of hydrogen-bond acceptors (Lipinski definition) is 3. The molecule has 1 heterocycles. The second-order valence-corrected chi connectivity index (χ2v) is 8.44.